The average Bonchev–Trinajstić information content (AvgIpc) is 2.65. The fourth-order valence-electron chi connectivity index (χ4n) is 3.12. The molecule has 7 heteroatoms. The van der Waals surface area contributed by atoms with Crippen molar-refractivity contribution < 1.29 is 14.0 Å². The molecule has 1 fully saturated rings. The first-order valence-electron chi connectivity index (χ1n) is 8.62. The van der Waals surface area contributed by atoms with E-state index in [4.69, 9.17) is 5.73 Å². The highest BCUT2D eigenvalue weighted by Crippen LogP contribution is 2.17. The van der Waals surface area contributed by atoms with Crippen LogP contribution in [0.25, 0.3) is 0 Å². The standard InChI is InChI=1S/C20H22FN3O2.ClH/c1-14-6-7-16(22)13-17(14)20(26)24-10-8-23(9-11-24)19(25)12-15-4-2-3-5-18(15)21;/h2-7,13H,8-12,22H2,1H3;1H. The van der Waals surface area contributed by atoms with Gasteiger partial charge < -0.3 is 15.5 Å². The molecule has 27 heavy (non-hydrogen) atoms. The van der Waals surface area contributed by atoms with Crippen LogP contribution in [0.3, 0.4) is 0 Å². The molecule has 0 unspecified atom stereocenters. The summed E-state index contributed by atoms with van der Waals surface area (Å²) in [5, 5.41) is 0. The number of amides is 2. The van der Waals surface area contributed by atoms with E-state index in [0.717, 1.165) is 5.56 Å². The molecule has 1 aliphatic rings. The highest BCUT2D eigenvalue weighted by molar-refractivity contribution is 5.96. The van der Waals surface area contributed by atoms with Crippen LogP contribution in [0, 0.1) is 12.7 Å². The van der Waals surface area contributed by atoms with Crippen molar-refractivity contribution in [2.75, 3.05) is 31.9 Å². The first-order chi connectivity index (χ1) is 12.5. The van der Waals surface area contributed by atoms with Crippen LogP contribution < -0.4 is 5.73 Å². The van der Waals surface area contributed by atoms with Crippen molar-refractivity contribution in [1.29, 1.82) is 0 Å². The van der Waals surface area contributed by atoms with Gasteiger partial charge in [0, 0.05) is 37.4 Å². The molecule has 3 rings (SSSR count). The van der Waals surface area contributed by atoms with E-state index in [1.807, 2.05) is 13.0 Å². The Kier molecular flexibility index (Phi) is 6.80. The Hall–Kier alpha value is -2.60. The largest absolute Gasteiger partial charge is 0.399 e. The van der Waals surface area contributed by atoms with Crippen LogP contribution in [0.15, 0.2) is 42.5 Å². The number of piperazine rings is 1. The van der Waals surface area contributed by atoms with Gasteiger partial charge in [-0.15, -0.1) is 12.4 Å². The quantitative estimate of drug-likeness (QED) is 0.818. The van der Waals surface area contributed by atoms with Crippen LogP contribution in [0.2, 0.25) is 0 Å². The van der Waals surface area contributed by atoms with E-state index in [-0.39, 0.29) is 36.5 Å². The Bertz CT molecular complexity index is 836. The summed E-state index contributed by atoms with van der Waals surface area (Å²) in [6.07, 6.45) is 0.0367. The van der Waals surface area contributed by atoms with Gasteiger partial charge >= 0.3 is 0 Å². The van der Waals surface area contributed by atoms with Crippen LogP contribution in [-0.2, 0) is 11.2 Å². The number of benzene rings is 2. The summed E-state index contributed by atoms with van der Waals surface area (Å²) < 4.78 is 13.7. The molecule has 0 aromatic heterocycles. The predicted molar refractivity (Wildman–Crippen MR) is 105 cm³/mol. The van der Waals surface area contributed by atoms with Gasteiger partial charge in [0.25, 0.3) is 5.91 Å². The highest BCUT2D eigenvalue weighted by atomic mass is 35.5. The van der Waals surface area contributed by atoms with Gasteiger partial charge in [-0.05, 0) is 36.2 Å². The summed E-state index contributed by atoms with van der Waals surface area (Å²) >= 11 is 0. The molecule has 2 amide bonds. The minimum Gasteiger partial charge on any atom is -0.399 e. The maximum atomic E-state index is 13.7. The molecule has 0 aliphatic carbocycles. The third-order valence-electron chi connectivity index (χ3n) is 4.71. The van der Waals surface area contributed by atoms with Crippen molar-refractivity contribution in [2.24, 2.45) is 0 Å². The van der Waals surface area contributed by atoms with E-state index < -0.39 is 0 Å². The van der Waals surface area contributed by atoms with Crippen LogP contribution in [0.1, 0.15) is 21.5 Å². The number of carbonyl (C=O) groups excluding carboxylic acids is 2. The Morgan fingerprint density at radius 3 is 2.33 bits per heavy atom. The van der Waals surface area contributed by atoms with Gasteiger partial charge in [0.1, 0.15) is 5.82 Å². The molecule has 1 aliphatic heterocycles. The van der Waals surface area contributed by atoms with Gasteiger partial charge in [0.05, 0.1) is 6.42 Å². The molecule has 2 aromatic rings. The molecule has 0 spiro atoms. The molecule has 0 saturated carbocycles. The van der Waals surface area contributed by atoms with Gasteiger partial charge in [0.2, 0.25) is 5.91 Å². The summed E-state index contributed by atoms with van der Waals surface area (Å²) in [4.78, 5) is 28.5. The molecule has 2 N–H and O–H groups in total. The van der Waals surface area contributed by atoms with E-state index in [9.17, 15) is 14.0 Å². The van der Waals surface area contributed by atoms with Crippen molar-refractivity contribution in [2.45, 2.75) is 13.3 Å². The zero-order chi connectivity index (χ0) is 18.7. The molecule has 0 radical (unpaired) electrons. The van der Waals surface area contributed by atoms with E-state index in [1.54, 1.807) is 40.1 Å². The second kappa shape index (κ2) is 8.86. The molecule has 5 nitrogen and oxygen atoms in total. The normalized spacial score (nSPS) is 13.9. The Labute approximate surface area is 164 Å². The molecule has 144 valence electrons. The lowest BCUT2D eigenvalue weighted by atomic mass is 10.1. The second-order valence-electron chi connectivity index (χ2n) is 6.52. The second-order valence-corrected chi connectivity index (χ2v) is 6.52. The third-order valence-corrected chi connectivity index (χ3v) is 4.71. The van der Waals surface area contributed by atoms with Gasteiger partial charge in [-0.25, -0.2) is 4.39 Å². The van der Waals surface area contributed by atoms with E-state index in [2.05, 4.69) is 0 Å². The zero-order valence-electron chi connectivity index (χ0n) is 15.2. The Morgan fingerprint density at radius 2 is 1.67 bits per heavy atom. The number of nitrogens with two attached hydrogens (primary N) is 1. The summed E-state index contributed by atoms with van der Waals surface area (Å²) in [5.41, 5.74) is 8.21. The zero-order valence-corrected chi connectivity index (χ0v) is 16.0. The van der Waals surface area contributed by atoms with Gasteiger partial charge in [0.15, 0.2) is 0 Å². The van der Waals surface area contributed by atoms with Crippen LogP contribution >= 0.6 is 12.4 Å². The van der Waals surface area contributed by atoms with E-state index in [0.29, 0.717) is 43.0 Å². The monoisotopic (exact) mass is 391 g/mol. The predicted octanol–water partition coefficient (Wildman–Crippen LogP) is 2.67. The van der Waals surface area contributed by atoms with Crippen molar-refractivity contribution in [3.05, 3.63) is 65.0 Å². The lowest BCUT2D eigenvalue weighted by Gasteiger charge is -2.35. The Morgan fingerprint density at radius 1 is 1.04 bits per heavy atom. The van der Waals surface area contributed by atoms with E-state index in [1.165, 1.54) is 6.07 Å². The number of aryl methyl sites for hydroxylation is 1. The lowest BCUT2D eigenvalue weighted by Crippen LogP contribution is -2.51. The lowest BCUT2D eigenvalue weighted by molar-refractivity contribution is -0.132. The summed E-state index contributed by atoms with van der Waals surface area (Å²) in [7, 11) is 0. The van der Waals surface area contributed by atoms with Crippen molar-refractivity contribution in [3.8, 4) is 0 Å². The molecule has 2 aromatic carbocycles. The number of rotatable bonds is 3. The molecular weight excluding hydrogens is 369 g/mol. The fraction of sp³-hybridized carbons (Fsp3) is 0.300. The number of carbonyl (C=O) groups is 2. The van der Waals surface area contributed by atoms with Crippen LogP contribution in [-0.4, -0.2) is 47.8 Å². The fourth-order valence-corrected chi connectivity index (χ4v) is 3.12. The minimum absolute atomic E-state index is 0. The molecule has 0 bridgehead atoms. The number of anilines is 1. The van der Waals surface area contributed by atoms with Gasteiger partial charge in [-0.1, -0.05) is 24.3 Å². The summed E-state index contributed by atoms with van der Waals surface area (Å²) in [5.74, 6) is -0.565. The minimum atomic E-state index is -0.369. The molecule has 1 saturated heterocycles. The Balaban J connectivity index is 0.00000261. The number of nitrogens with zero attached hydrogens (tertiary/aromatic N) is 2. The number of halogens is 2. The molecule has 0 atom stereocenters. The topological polar surface area (TPSA) is 66.6 Å². The maximum Gasteiger partial charge on any atom is 0.254 e. The van der Waals surface area contributed by atoms with Crippen molar-refractivity contribution >= 4 is 29.9 Å². The summed E-state index contributed by atoms with van der Waals surface area (Å²) in [6.45, 7) is 3.67. The maximum absolute atomic E-state index is 13.7. The SMILES string of the molecule is Cc1ccc(N)cc1C(=O)N1CCN(C(=O)Cc2ccccc2F)CC1.Cl. The number of hydrogen-bond acceptors (Lipinski definition) is 3. The van der Waals surface area contributed by atoms with E-state index >= 15 is 0 Å². The van der Waals surface area contributed by atoms with Crippen molar-refractivity contribution in [3.63, 3.8) is 0 Å². The first-order valence-corrected chi connectivity index (χ1v) is 8.62. The molecule has 1 heterocycles. The number of nitrogen functional groups attached to an aromatic ring is 1. The number of hydrogen-bond donors (Lipinski definition) is 1. The van der Waals surface area contributed by atoms with Crippen molar-refractivity contribution in [1.82, 2.24) is 9.80 Å². The smallest absolute Gasteiger partial charge is 0.254 e. The summed E-state index contributed by atoms with van der Waals surface area (Å²) in [6, 6.07) is 11.6. The first kappa shape index (κ1) is 20.7. The van der Waals surface area contributed by atoms with Gasteiger partial charge in [-0.2, -0.15) is 0 Å². The average molecular weight is 392 g/mol. The van der Waals surface area contributed by atoms with Gasteiger partial charge in [-0.3, -0.25) is 9.59 Å². The highest BCUT2D eigenvalue weighted by Gasteiger charge is 2.26. The van der Waals surface area contributed by atoms with Crippen LogP contribution in [0.4, 0.5) is 10.1 Å². The molecular formula is C20H23ClFN3O2. The third kappa shape index (κ3) is 4.77. The van der Waals surface area contributed by atoms with Crippen LogP contribution in [0.5, 0.6) is 0 Å².